The van der Waals surface area contributed by atoms with E-state index in [4.69, 9.17) is 0 Å². The molecule has 0 aromatic rings. The number of fused-ring (bicyclic) bond motifs is 1. The molecule has 0 bridgehead atoms. The standard InChI is InChI=1S/C19H27BrO/c1-13(10-14-5-6-16(21)11-14)17-7-8-18-15(12-20)4-3-9-19(17,18)2/h11-13,17-18H,3-10H2,1-2H3/b15-12+/t13-,17-,18?,19-/m1/s1. The monoisotopic (exact) mass is 350 g/mol. The molecule has 0 aliphatic heterocycles. The van der Waals surface area contributed by atoms with Crippen LogP contribution in [0, 0.1) is 23.2 Å². The first-order chi connectivity index (χ1) is 10.0. The van der Waals surface area contributed by atoms with Gasteiger partial charge in [-0.25, -0.2) is 0 Å². The zero-order chi connectivity index (χ0) is 15.0. The third-order valence-corrected chi connectivity index (χ3v) is 7.09. The first-order valence-corrected chi connectivity index (χ1v) is 9.47. The maximum atomic E-state index is 11.4. The zero-order valence-electron chi connectivity index (χ0n) is 13.3. The molecule has 0 saturated heterocycles. The average molecular weight is 351 g/mol. The van der Waals surface area contributed by atoms with Crippen LogP contribution in [0.4, 0.5) is 0 Å². The van der Waals surface area contributed by atoms with E-state index in [1.165, 1.54) is 37.7 Å². The van der Waals surface area contributed by atoms with E-state index < -0.39 is 0 Å². The fourth-order valence-electron chi connectivity index (χ4n) is 5.52. The molecule has 3 rings (SSSR count). The molecule has 21 heavy (non-hydrogen) atoms. The van der Waals surface area contributed by atoms with Crippen molar-refractivity contribution < 1.29 is 4.79 Å². The molecule has 2 heteroatoms. The van der Waals surface area contributed by atoms with Gasteiger partial charge in [-0.3, -0.25) is 4.79 Å². The average Bonchev–Trinajstić information content (AvgIpc) is 3.01. The van der Waals surface area contributed by atoms with E-state index in [1.54, 1.807) is 5.57 Å². The lowest BCUT2D eigenvalue weighted by Crippen LogP contribution is -2.36. The van der Waals surface area contributed by atoms with E-state index in [0.717, 1.165) is 31.1 Å². The predicted octanol–water partition coefficient (Wildman–Crippen LogP) is 5.80. The Morgan fingerprint density at radius 1 is 1.38 bits per heavy atom. The second-order valence-corrected chi connectivity index (χ2v) is 8.19. The van der Waals surface area contributed by atoms with Gasteiger partial charge in [-0.2, -0.15) is 0 Å². The number of ketones is 1. The normalized spacial score (nSPS) is 39.5. The SMILES string of the molecule is C[C@H](CC1=CC(=O)CC1)[C@H]1CCC2/C(=C/Br)CCC[C@@]21C. The Morgan fingerprint density at radius 3 is 2.86 bits per heavy atom. The predicted molar refractivity (Wildman–Crippen MR) is 91.3 cm³/mol. The van der Waals surface area contributed by atoms with Crippen LogP contribution in [-0.4, -0.2) is 5.78 Å². The molecule has 3 aliphatic carbocycles. The van der Waals surface area contributed by atoms with Crippen LogP contribution in [0.3, 0.4) is 0 Å². The second kappa shape index (κ2) is 6.02. The van der Waals surface area contributed by atoms with Gasteiger partial charge in [0.25, 0.3) is 0 Å². The van der Waals surface area contributed by atoms with Crippen molar-refractivity contribution in [2.24, 2.45) is 23.2 Å². The van der Waals surface area contributed by atoms with Crippen molar-refractivity contribution >= 4 is 21.7 Å². The van der Waals surface area contributed by atoms with Gasteiger partial charge >= 0.3 is 0 Å². The third kappa shape index (κ3) is 2.81. The summed E-state index contributed by atoms with van der Waals surface area (Å²) in [6.07, 6.45) is 11.6. The van der Waals surface area contributed by atoms with Crippen molar-refractivity contribution in [3.05, 3.63) is 22.2 Å². The van der Waals surface area contributed by atoms with Gasteiger partial charge < -0.3 is 0 Å². The molecule has 0 spiro atoms. The number of allylic oxidation sites excluding steroid dienone is 3. The lowest BCUT2D eigenvalue weighted by molar-refractivity contribution is -0.114. The minimum atomic E-state index is 0.342. The van der Waals surface area contributed by atoms with Crippen LogP contribution < -0.4 is 0 Å². The number of hydrogen-bond donors (Lipinski definition) is 0. The van der Waals surface area contributed by atoms with E-state index in [1.807, 2.05) is 6.08 Å². The van der Waals surface area contributed by atoms with Crippen molar-refractivity contribution in [2.75, 3.05) is 0 Å². The first-order valence-electron chi connectivity index (χ1n) is 8.56. The molecule has 0 N–H and O–H groups in total. The Bertz CT molecular complexity index is 490. The van der Waals surface area contributed by atoms with E-state index in [-0.39, 0.29) is 0 Å². The summed E-state index contributed by atoms with van der Waals surface area (Å²) in [5.41, 5.74) is 3.54. The minimum Gasteiger partial charge on any atom is -0.295 e. The van der Waals surface area contributed by atoms with Crippen molar-refractivity contribution in [3.8, 4) is 0 Å². The molecule has 0 aromatic carbocycles. The summed E-state index contributed by atoms with van der Waals surface area (Å²) in [6, 6.07) is 0. The van der Waals surface area contributed by atoms with E-state index >= 15 is 0 Å². The summed E-state index contributed by atoms with van der Waals surface area (Å²) in [4.78, 5) is 13.6. The highest BCUT2D eigenvalue weighted by Crippen LogP contribution is 2.60. The van der Waals surface area contributed by atoms with Crippen LogP contribution in [0.1, 0.15) is 65.2 Å². The summed E-state index contributed by atoms with van der Waals surface area (Å²) in [5.74, 6) is 2.67. The topological polar surface area (TPSA) is 17.1 Å². The third-order valence-electron chi connectivity index (χ3n) is 6.51. The van der Waals surface area contributed by atoms with Crippen LogP contribution in [-0.2, 0) is 4.79 Å². The highest BCUT2D eigenvalue weighted by molar-refractivity contribution is 9.11. The van der Waals surface area contributed by atoms with Crippen LogP contribution in [0.25, 0.3) is 0 Å². The molecule has 0 amide bonds. The molecule has 3 aliphatic rings. The minimum absolute atomic E-state index is 0.342. The van der Waals surface area contributed by atoms with Gasteiger partial charge in [-0.1, -0.05) is 40.9 Å². The molecule has 0 heterocycles. The van der Waals surface area contributed by atoms with Gasteiger partial charge in [-0.15, -0.1) is 0 Å². The van der Waals surface area contributed by atoms with Crippen LogP contribution >= 0.6 is 15.9 Å². The maximum Gasteiger partial charge on any atom is 0.155 e. The van der Waals surface area contributed by atoms with E-state index in [2.05, 4.69) is 34.8 Å². The van der Waals surface area contributed by atoms with Gasteiger partial charge in [0.05, 0.1) is 0 Å². The van der Waals surface area contributed by atoms with Gasteiger partial charge in [0, 0.05) is 6.42 Å². The Hall–Kier alpha value is -0.370. The van der Waals surface area contributed by atoms with Gasteiger partial charge in [0.2, 0.25) is 0 Å². The molecule has 2 fully saturated rings. The molecular formula is C19H27BrO. The van der Waals surface area contributed by atoms with Gasteiger partial charge in [-0.05, 0) is 79.2 Å². The smallest absolute Gasteiger partial charge is 0.155 e. The molecule has 0 radical (unpaired) electrons. The maximum absolute atomic E-state index is 11.4. The fraction of sp³-hybridized carbons (Fsp3) is 0.737. The Kier molecular flexibility index (Phi) is 4.45. The van der Waals surface area contributed by atoms with Gasteiger partial charge in [0.1, 0.15) is 0 Å². The largest absolute Gasteiger partial charge is 0.295 e. The second-order valence-electron chi connectivity index (χ2n) is 7.73. The molecule has 1 unspecified atom stereocenters. The first kappa shape index (κ1) is 15.5. The van der Waals surface area contributed by atoms with Crippen LogP contribution in [0.5, 0.6) is 0 Å². The quantitative estimate of drug-likeness (QED) is 0.628. The number of carbonyl (C=O) groups excluding carboxylic acids is 1. The number of hydrogen-bond acceptors (Lipinski definition) is 1. The van der Waals surface area contributed by atoms with Gasteiger partial charge in [0.15, 0.2) is 5.78 Å². The molecule has 0 aromatic heterocycles. The van der Waals surface area contributed by atoms with Crippen LogP contribution in [0.2, 0.25) is 0 Å². The summed E-state index contributed by atoms with van der Waals surface area (Å²) >= 11 is 3.60. The molecule has 1 nitrogen and oxygen atoms in total. The molecule has 116 valence electrons. The number of rotatable bonds is 3. The summed E-state index contributed by atoms with van der Waals surface area (Å²) in [6.45, 7) is 4.96. The number of carbonyl (C=O) groups is 1. The Labute approximate surface area is 137 Å². The molecular weight excluding hydrogens is 324 g/mol. The van der Waals surface area contributed by atoms with Crippen molar-refractivity contribution in [1.82, 2.24) is 0 Å². The Balaban J connectivity index is 1.74. The van der Waals surface area contributed by atoms with Crippen molar-refractivity contribution in [2.45, 2.75) is 65.2 Å². The lowest BCUT2D eigenvalue weighted by atomic mass is 9.61. The molecule has 2 saturated carbocycles. The number of halogens is 1. The highest BCUT2D eigenvalue weighted by Gasteiger charge is 2.50. The van der Waals surface area contributed by atoms with Crippen molar-refractivity contribution in [3.63, 3.8) is 0 Å². The Morgan fingerprint density at radius 2 is 2.19 bits per heavy atom. The summed E-state index contributed by atoms with van der Waals surface area (Å²) in [5, 5.41) is 0. The fourth-order valence-corrected chi connectivity index (χ4v) is 6.07. The lowest BCUT2D eigenvalue weighted by Gasteiger charge is -2.44. The highest BCUT2D eigenvalue weighted by atomic mass is 79.9. The van der Waals surface area contributed by atoms with E-state index in [0.29, 0.717) is 17.1 Å². The molecule has 4 atom stereocenters. The summed E-state index contributed by atoms with van der Waals surface area (Å²) in [7, 11) is 0. The summed E-state index contributed by atoms with van der Waals surface area (Å²) < 4.78 is 0. The van der Waals surface area contributed by atoms with E-state index in [9.17, 15) is 4.79 Å². The van der Waals surface area contributed by atoms with Crippen LogP contribution in [0.15, 0.2) is 22.2 Å². The van der Waals surface area contributed by atoms with Crippen molar-refractivity contribution in [1.29, 1.82) is 0 Å². The zero-order valence-corrected chi connectivity index (χ0v) is 14.9.